The molecule has 1 saturated heterocycles. The lowest BCUT2D eigenvalue weighted by atomic mass is 9.71. The summed E-state index contributed by atoms with van der Waals surface area (Å²) in [5, 5.41) is 20.2. The first-order chi connectivity index (χ1) is 15.5. The Labute approximate surface area is 202 Å². The number of hydrogen-bond acceptors (Lipinski definition) is 4. The predicted octanol–water partition coefficient (Wildman–Crippen LogP) is 4.93. The van der Waals surface area contributed by atoms with E-state index in [0.717, 1.165) is 25.7 Å². The van der Waals surface area contributed by atoms with Crippen LogP contribution in [0.15, 0.2) is 40.9 Å². The molecule has 0 radical (unpaired) electrons. The molecule has 178 valence electrons. The second-order valence-electron chi connectivity index (χ2n) is 10.3. The molecule has 2 aromatic rings. The van der Waals surface area contributed by atoms with Crippen molar-refractivity contribution in [2.45, 2.75) is 63.6 Å². The first-order valence-corrected chi connectivity index (χ1v) is 12.2. The molecule has 1 aliphatic heterocycles. The Morgan fingerprint density at radius 1 is 0.818 bits per heavy atom. The van der Waals surface area contributed by atoms with Gasteiger partial charge in [0.15, 0.2) is 0 Å². The van der Waals surface area contributed by atoms with Gasteiger partial charge < -0.3 is 19.5 Å². The maximum Gasteiger partial charge on any atom is 0.496 e. The van der Waals surface area contributed by atoms with Crippen molar-refractivity contribution in [3.05, 3.63) is 63.6 Å². The van der Waals surface area contributed by atoms with E-state index >= 15 is 0 Å². The van der Waals surface area contributed by atoms with E-state index < -0.39 is 18.3 Å². The zero-order valence-corrected chi connectivity index (χ0v) is 20.6. The molecule has 0 amide bonds. The lowest BCUT2D eigenvalue weighted by Crippen LogP contribution is -2.48. The molecule has 2 aliphatic carbocycles. The van der Waals surface area contributed by atoms with Crippen molar-refractivity contribution >= 4 is 28.5 Å². The molecular formula is C25H30BBrF2O4. The predicted molar refractivity (Wildman–Crippen MR) is 127 cm³/mol. The van der Waals surface area contributed by atoms with Crippen LogP contribution < -0.4 is 5.46 Å². The number of rotatable bonds is 3. The first-order valence-electron chi connectivity index (χ1n) is 11.4. The van der Waals surface area contributed by atoms with E-state index in [1.54, 1.807) is 24.3 Å². The molecule has 3 fully saturated rings. The van der Waals surface area contributed by atoms with Crippen LogP contribution >= 0.6 is 15.9 Å². The van der Waals surface area contributed by atoms with Gasteiger partial charge in [-0.05, 0) is 83.8 Å². The van der Waals surface area contributed by atoms with Crippen molar-refractivity contribution in [2.24, 2.45) is 5.41 Å². The van der Waals surface area contributed by atoms with Crippen LogP contribution in [0.2, 0.25) is 0 Å². The molecule has 2 aromatic carbocycles. The quantitative estimate of drug-likeness (QED) is 0.561. The van der Waals surface area contributed by atoms with E-state index in [9.17, 15) is 19.0 Å². The van der Waals surface area contributed by atoms with Gasteiger partial charge in [-0.2, -0.15) is 0 Å². The highest BCUT2D eigenvalue weighted by Crippen LogP contribution is 2.42. The largest absolute Gasteiger partial charge is 0.496 e. The Morgan fingerprint density at radius 2 is 1.30 bits per heavy atom. The summed E-state index contributed by atoms with van der Waals surface area (Å²) < 4.78 is 39.0. The third-order valence-corrected chi connectivity index (χ3v) is 7.50. The molecule has 2 N–H and O–H groups in total. The van der Waals surface area contributed by atoms with Crippen LogP contribution in [0.25, 0.3) is 0 Å². The molecule has 3 aliphatic rings. The molecule has 1 heterocycles. The zero-order valence-electron chi connectivity index (χ0n) is 19.0. The van der Waals surface area contributed by atoms with Crippen LogP contribution in [0.5, 0.6) is 0 Å². The highest BCUT2D eigenvalue weighted by Gasteiger charge is 2.39. The average molecular weight is 523 g/mol. The van der Waals surface area contributed by atoms with Crippen molar-refractivity contribution in [1.29, 1.82) is 0 Å². The minimum atomic E-state index is -0.838. The van der Waals surface area contributed by atoms with E-state index in [1.165, 1.54) is 12.1 Å². The fraction of sp³-hybridized carbons (Fsp3) is 0.520. The van der Waals surface area contributed by atoms with E-state index in [-0.39, 0.29) is 17.0 Å². The summed E-state index contributed by atoms with van der Waals surface area (Å²) in [5.41, 5.74) is 0.123. The molecule has 0 unspecified atom stereocenters. The van der Waals surface area contributed by atoms with Crippen LogP contribution in [-0.4, -0.2) is 30.5 Å². The van der Waals surface area contributed by atoms with Crippen molar-refractivity contribution in [3.63, 3.8) is 0 Å². The van der Waals surface area contributed by atoms with E-state index in [4.69, 9.17) is 9.31 Å². The molecular weight excluding hydrogens is 493 g/mol. The summed E-state index contributed by atoms with van der Waals surface area (Å²) >= 11 is 3.08. The zero-order chi connectivity index (χ0) is 23.9. The van der Waals surface area contributed by atoms with Crippen molar-refractivity contribution in [3.8, 4) is 0 Å². The van der Waals surface area contributed by atoms with Gasteiger partial charge in [0.1, 0.15) is 11.6 Å². The molecule has 0 aromatic heterocycles. The van der Waals surface area contributed by atoms with E-state index in [2.05, 4.69) is 29.8 Å². The standard InChI is InChI=1S/C15H20BFO3.C10H10BrFO/c1-14(2)9-19-16(20-10-14)12-5-4-11(8-13(12)17)15(18)6-3-7-15;11-8-3-2-7(6-9(8)12)10(13)4-1-5-10/h4-5,8,18H,3,6-7,9-10H2,1-2H3;2-3,6,13H,1,4-5H2. The Morgan fingerprint density at radius 3 is 1.73 bits per heavy atom. The van der Waals surface area contributed by atoms with Gasteiger partial charge in [0.25, 0.3) is 0 Å². The second-order valence-corrected chi connectivity index (χ2v) is 11.1. The first kappa shape index (κ1) is 24.8. The van der Waals surface area contributed by atoms with Gasteiger partial charge in [-0.15, -0.1) is 0 Å². The van der Waals surface area contributed by atoms with Crippen molar-refractivity contribution in [2.75, 3.05) is 13.2 Å². The lowest BCUT2D eigenvalue weighted by molar-refractivity contribution is -0.0393. The molecule has 0 atom stereocenters. The average Bonchev–Trinajstić information content (AvgIpc) is 2.73. The van der Waals surface area contributed by atoms with Crippen LogP contribution in [0.4, 0.5) is 8.78 Å². The van der Waals surface area contributed by atoms with Gasteiger partial charge in [-0.3, -0.25) is 0 Å². The van der Waals surface area contributed by atoms with Crippen LogP contribution in [0.1, 0.15) is 63.5 Å². The van der Waals surface area contributed by atoms with E-state index in [0.29, 0.717) is 47.1 Å². The molecule has 8 heteroatoms. The summed E-state index contributed by atoms with van der Waals surface area (Å²) in [6, 6.07) is 9.69. The monoisotopic (exact) mass is 522 g/mol. The van der Waals surface area contributed by atoms with Gasteiger partial charge in [-0.25, -0.2) is 8.78 Å². The van der Waals surface area contributed by atoms with Crippen molar-refractivity contribution < 1.29 is 28.3 Å². The van der Waals surface area contributed by atoms with Crippen LogP contribution in [0, 0.1) is 17.0 Å². The van der Waals surface area contributed by atoms with Gasteiger partial charge in [0.2, 0.25) is 0 Å². The Hall–Kier alpha value is -1.32. The minimum absolute atomic E-state index is 0.0337. The van der Waals surface area contributed by atoms with Gasteiger partial charge >= 0.3 is 7.12 Å². The third kappa shape index (κ3) is 5.35. The molecule has 2 saturated carbocycles. The number of halogens is 3. The normalized spacial score (nSPS) is 22.5. The van der Waals surface area contributed by atoms with Gasteiger partial charge in [0, 0.05) is 24.1 Å². The van der Waals surface area contributed by atoms with Crippen LogP contribution in [-0.2, 0) is 20.5 Å². The lowest BCUT2D eigenvalue weighted by Gasteiger charge is -2.37. The number of aliphatic hydroxyl groups is 2. The smallest absolute Gasteiger partial charge is 0.407 e. The summed E-state index contributed by atoms with van der Waals surface area (Å²) in [5.74, 6) is -0.676. The Balaban J connectivity index is 0.000000172. The van der Waals surface area contributed by atoms with Crippen molar-refractivity contribution in [1.82, 2.24) is 0 Å². The van der Waals surface area contributed by atoms with Crippen LogP contribution in [0.3, 0.4) is 0 Å². The molecule has 33 heavy (non-hydrogen) atoms. The van der Waals surface area contributed by atoms with E-state index in [1.807, 2.05) is 0 Å². The summed E-state index contributed by atoms with van der Waals surface area (Å²) in [6.07, 6.45) is 4.91. The molecule has 4 nitrogen and oxygen atoms in total. The third-order valence-electron chi connectivity index (χ3n) is 6.86. The summed E-state index contributed by atoms with van der Waals surface area (Å²) in [4.78, 5) is 0. The minimum Gasteiger partial charge on any atom is -0.407 e. The molecule has 0 bridgehead atoms. The number of hydrogen-bond donors (Lipinski definition) is 2. The SMILES string of the molecule is CC1(C)COB(c2ccc(C3(O)CCC3)cc2F)OC1.OC1(c2ccc(Br)c(F)c2)CCC1. The number of benzene rings is 2. The maximum absolute atomic E-state index is 14.2. The highest BCUT2D eigenvalue weighted by atomic mass is 79.9. The van der Waals surface area contributed by atoms with Gasteiger partial charge in [-0.1, -0.05) is 32.0 Å². The fourth-order valence-corrected chi connectivity index (χ4v) is 4.51. The summed E-state index contributed by atoms with van der Waals surface area (Å²) in [7, 11) is -0.645. The molecule has 5 rings (SSSR count). The Kier molecular flexibility index (Phi) is 7.05. The highest BCUT2D eigenvalue weighted by molar-refractivity contribution is 9.10. The maximum atomic E-state index is 14.2. The van der Waals surface area contributed by atoms with Gasteiger partial charge in [0.05, 0.1) is 15.7 Å². The second kappa shape index (κ2) is 9.38. The Bertz CT molecular complexity index is 998. The fourth-order valence-electron chi connectivity index (χ4n) is 4.27. The topological polar surface area (TPSA) is 58.9 Å². The molecule has 0 spiro atoms. The summed E-state index contributed by atoms with van der Waals surface area (Å²) in [6.45, 7) is 5.19.